The average molecular weight is 255 g/mol. The molecular weight excluding hydrogens is 242 g/mol. The Kier molecular flexibility index (Phi) is 2.71. The first kappa shape index (κ1) is 11.7. The highest BCUT2D eigenvalue weighted by atomic mass is 16.3. The first-order valence-electron chi connectivity index (χ1n) is 6.16. The number of benzene rings is 1. The molecule has 19 heavy (non-hydrogen) atoms. The molecule has 0 radical (unpaired) electrons. The van der Waals surface area contributed by atoms with E-state index in [0.29, 0.717) is 30.0 Å². The van der Waals surface area contributed by atoms with Crippen molar-refractivity contribution < 1.29 is 14.0 Å². The molecule has 0 unspecified atom stereocenters. The summed E-state index contributed by atoms with van der Waals surface area (Å²) in [5.41, 5.74) is 2.30. The third-order valence-electron chi connectivity index (χ3n) is 3.28. The van der Waals surface area contributed by atoms with Crippen LogP contribution in [0.3, 0.4) is 0 Å². The van der Waals surface area contributed by atoms with Gasteiger partial charge in [-0.1, -0.05) is 11.6 Å². The molecule has 0 spiro atoms. The van der Waals surface area contributed by atoms with Crippen molar-refractivity contribution in [2.24, 2.45) is 0 Å². The number of ketones is 1. The van der Waals surface area contributed by atoms with Crippen molar-refractivity contribution in [1.82, 2.24) is 0 Å². The SMILES string of the molecule is Cc1ccc2c(c1)C(=O)CCN2C(=O)c1ccco1. The van der Waals surface area contributed by atoms with Crippen molar-refractivity contribution in [3.05, 3.63) is 53.5 Å². The van der Waals surface area contributed by atoms with Crippen LogP contribution in [-0.2, 0) is 0 Å². The topological polar surface area (TPSA) is 50.5 Å². The van der Waals surface area contributed by atoms with Crippen molar-refractivity contribution in [2.75, 3.05) is 11.4 Å². The highest BCUT2D eigenvalue weighted by molar-refractivity contribution is 6.12. The lowest BCUT2D eigenvalue weighted by molar-refractivity contribution is 0.0939. The van der Waals surface area contributed by atoms with Crippen molar-refractivity contribution >= 4 is 17.4 Å². The molecule has 96 valence electrons. The predicted molar refractivity (Wildman–Crippen MR) is 70.5 cm³/mol. The molecule has 2 aromatic rings. The quantitative estimate of drug-likeness (QED) is 0.787. The van der Waals surface area contributed by atoms with E-state index in [1.807, 2.05) is 25.1 Å². The number of aryl methyl sites for hydroxylation is 1. The van der Waals surface area contributed by atoms with E-state index in [9.17, 15) is 9.59 Å². The Balaban J connectivity index is 2.04. The Morgan fingerprint density at radius 3 is 2.89 bits per heavy atom. The Morgan fingerprint density at radius 1 is 1.32 bits per heavy atom. The lowest BCUT2D eigenvalue weighted by Gasteiger charge is -2.28. The lowest BCUT2D eigenvalue weighted by Crippen LogP contribution is -2.37. The van der Waals surface area contributed by atoms with E-state index in [1.165, 1.54) is 6.26 Å². The van der Waals surface area contributed by atoms with Gasteiger partial charge in [-0.25, -0.2) is 0 Å². The fourth-order valence-corrected chi connectivity index (χ4v) is 2.32. The third kappa shape index (κ3) is 1.95. The van der Waals surface area contributed by atoms with Crippen LogP contribution >= 0.6 is 0 Å². The third-order valence-corrected chi connectivity index (χ3v) is 3.28. The summed E-state index contributed by atoms with van der Waals surface area (Å²) < 4.78 is 5.14. The maximum absolute atomic E-state index is 12.3. The van der Waals surface area contributed by atoms with Gasteiger partial charge >= 0.3 is 0 Å². The molecule has 3 rings (SSSR count). The van der Waals surface area contributed by atoms with Gasteiger partial charge in [-0.15, -0.1) is 0 Å². The van der Waals surface area contributed by atoms with Crippen LogP contribution in [0.4, 0.5) is 5.69 Å². The molecule has 1 amide bonds. The van der Waals surface area contributed by atoms with Gasteiger partial charge in [-0.3, -0.25) is 9.59 Å². The minimum absolute atomic E-state index is 0.0854. The van der Waals surface area contributed by atoms with Gasteiger partial charge in [0.15, 0.2) is 11.5 Å². The molecular formula is C15H13NO3. The number of Topliss-reactive ketones (excluding diaryl/α,β-unsaturated/α-hetero) is 1. The fourth-order valence-electron chi connectivity index (χ4n) is 2.32. The number of amides is 1. The van der Waals surface area contributed by atoms with Gasteiger partial charge in [0.2, 0.25) is 0 Å². The van der Waals surface area contributed by atoms with Crippen LogP contribution in [0.2, 0.25) is 0 Å². The van der Waals surface area contributed by atoms with Gasteiger partial charge in [0.05, 0.1) is 12.0 Å². The van der Waals surface area contributed by atoms with Crippen LogP contribution in [0, 0.1) is 6.92 Å². The van der Waals surface area contributed by atoms with E-state index < -0.39 is 0 Å². The number of fused-ring (bicyclic) bond motifs is 1. The molecule has 0 saturated heterocycles. The highest BCUT2D eigenvalue weighted by Crippen LogP contribution is 2.29. The van der Waals surface area contributed by atoms with E-state index >= 15 is 0 Å². The summed E-state index contributed by atoms with van der Waals surface area (Å²) >= 11 is 0. The molecule has 0 bridgehead atoms. The molecule has 1 aromatic carbocycles. The molecule has 0 atom stereocenters. The van der Waals surface area contributed by atoms with E-state index in [-0.39, 0.29) is 11.7 Å². The molecule has 0 N–H and O–H groups in total. The van der Waals surface area contributed by atoms with Gasteiger partial charge in [-0.05, 0) is 31.2 Å². The summed E-state index contributed by atoms with van der Waals surface area (Å²) in [6.45, 7) is 2.33. The monoisotopic (exact) mass is 255 g/mol. The number of rotatable bonds is 1. The van der Waals surface area contributed by atoms with Crippen molar-refractivity contribution in [1.29, 1.82) is 0 Å². The second-order valence-electron chi connectivity index (χ2n) is 4.63. The van der Waals surface area contributed by atoms with E-state index in [4.69, 9.17) is 4.42 Å². The highest BCUT2D eigenvalue weighted by Gasteiger charge is 2.28. The van der Waals surface area contributed by atoms with Crippen LogP contribution in [0.15, 0.2) is 41.0 Å². The summed E-state index contributed by atoms with van der Waals surface area (Å²) in [7, 11) is 0. The maximum Gasteiger partial charge on any atom is 0.293 e. The predicted octanol–water partition coefficient (Wildman–Crippen LogP) is 2.82. The number of furan rings is 1. The summed E-state index contributed by atoms with van der Waals surface area (Å²) in [6.07, 6.45) is 1.82. The molecule has 0 aliphatic carbocycles. The number of hydrogen-bond acceptors (Lipinski definition) is 3. The van der Waals surface area contributed by atoms with Crippen molar-refractivity contribution in [2.45, 2.75) is 13.3 Å². The van der Waals surface area contributed by atoms with Crippen LogP contribution in [0.1, 0.15) is 32.9 Å². The van der Waals surface area contributed by atoms with Gasteiger partial charge < -0.3 is 9.32 Å². The molecule has 1 aromatic heterocycles. The number of nitrogens with zero attached hydrogens (tertiary/aromatic N) is 1. The van der Waals surface area contributed by atoms with Gasteiger partial charge in [0.1, 0.15) is 0 Å². The minimum atomic E-state index is -0.206. The largest absolute Gasteiger partial charge is 0.459 e. The fraction of sp³-hybridized carbons (Fsp3) is 0.200. The van der Waals surface area contributed by atoms with Crippen molar-refractivity contribution in [3.63, 3.8) is 0 Å². The Morgan fingerprint density at radius 2 is 2.16 bits per heavy atom. The summed E-state index contributed by atoms with van der Waals surface area (Å²) in [4.78, 5) is 25.9. The number of carbonyl (C=O) groups is 2. The molecule has 1 aliphatic rings. The van der Waals surface area contributed by atoms with Crippen LogP contribution in [0.25, 0.3) is 0 Å². The van der Waals surface area contributed by atoms with Crippen LogP contribution in [0.5, 0.6) is 0 Å². The first-order chi connectivity index (χ1) is 9.16. The Labute approximate surface area is 110 Å². The first-order valence-corrected chi connectivity index (χ1v) is 6.16. The maximum atomic E-state index is 12.3. The van der Waals surface area contributed by atoms with E-state index in [2.05, 4.69) is 0 Å². The molecule has 4 nitrogen and oxygen atoms in total. The minimum Gasteiger partial charge on any atom is -0.459 e. The molecule has 4 heteroatoms. The second kappa shape index (κ2) is 4.39. The molecule has 2 heterocycles. The normalized spacial score (nSPS) is 14.4. The number of carbonyl (C=O) groups excluding carboxylic acids is 2. The summed E-state index contributed by atoms with van der Waals surface area (Å²) in [5.74, 6) is 0.172. The standard InChI is InChI=1S/C15H13NO3/c1-10-4-5-12-11(9-10)13(17)6-7-16(12)15(18)14-3-2-8-19-14/h2-5,8-9H,6-7H2,1H3. The van der Waals surface area contributed by atoms with E-state index in [0.717, 1.165) is 5.56 Å². The number of anilines is 1. The zero-order chi connectivity index (χ0) is 13.4. The Bertz CT molecular complexity index is 643. The smallest absolute Gasteiger partial charge is 0.293 e. The van der Waals surface area contributed by atoms with Gasteiger partial charge in [-0.2, -0.15) is 0 Å². The lowest BCUT2D eigenvalue weighted by atomic mass is 9.98. The number of hydrogen-bond donors (Lipinski definition) is 0. The molecule has 0 saturated carbocycles. The van der Waals surface area contributed by atoms with Crippen LogP contribution < -0.4 is 4.90 Å². The molecule has 1 aliphatic heterocycles. The summed E-state index contributed by atoms with van der Waals surface area (Å²) in [5, 5.41) is 0. The average Bonchev–Trinajstić information content (AvgIpc) is 2.93. The zero-order valence-corrected chi connectivity index (χ0v) is 10.6. The van der Waals surface area contributed by atoms with Gasteiger partial charge in [0, 0.05) is 18.5 Å². The van der Waals surface area contributed by atoms with Crippen LogP contribution in [-0.4, -0.2) is 18.2 Å². The Hall–Kier alpha value is -2.36. The zero-order valence-electron chi connectivity index (χ0n) is 10.6. The van der Waals surface area contributed by atoms with E-state index in [1.54, 1.807) is 17.0 Å². The van der Waals surface area contributed by atoms with Crippen molar-refractivity contribution in [3.8, 4) is 0 Å². The van der Waals surface area contributed by atoms with Gasteiger partial charge in [0.25, 0.3) is 5.91 Å². The summed E-state index contributed by atoms with van der Waals surface area (Å²) in [6, 6.07) is 8.87. The second-order valence-corrected chi connectivity index (χ2v) is 4.63. The molecule has 0 fully saturated rings.